The smallest absolute Gasteiger partial charge is 0.0712 e. The fourth-order valence-corrected chi connectivity index (χ4v) is 1.68. The first kappa shape index (κ1) is 14.7. The molecule has 1 rings (SSSR count). The van der Waals surface area contributed by atoms with Crippen LogP contribution >= 0.6 is 24.0 Å². The first-order valence-corrected chi connectivity index (χ1v) is 5.16. The van der Waals surface area contributed by atoms with Gasteiger partial charge in [-0.25, -0.2) is 0 Å². The molecular formula is C11H17Cl2NO. The first-order valence-electron chi connectivity index (χ1n) is 4.72. The molecule has 2 nitrogen and oxygen atoms in total. The molecule has 0 aromatic heterocycles. The Labute approximate surface area is 102 Å². The number of hydrogen-bond acceptors (Lipinski definition) is 2. The van der Waals surface area contributed by atoms with E-state index in [2.05, 4.69) is 0 Å². The number of nitrogens with zero attached hydrogens (tertiary/aromatic N) is 1. The number of benzene rings is 1. The van der Waals surface area contributed by atoms with Crippen LogP contribution in [0.3, 0.4) is 0 Å². The summed E-state index contributed by atoms with van der Waals surface area (Å²) in [4.78, 5) is 2.02. The predicted molar refractivity (Wildman–Crippen MR) is 66.9 cm³/mol. The second-order valence-electron chi connectivity index (χ2n) is 3.36. The molecule has 15 heavy (non-hydrogen) atoms. The zero-order chi connectivity index (χ0) is 10.4. The number of likely N-dealkylation sites (N-methyl/N-ethyl adjacent to an activating group) is 1. The summed E-state index contributed by atoms with van der Waals surface area (Å²) in [6.45, 7) is 1.59. The fourth-order valence-electron chi connectivity index (χ4n) is 1.30. The third-order valence-corrected chi connectivity index (χ3v) is 2.50. The Balaban J connectivity index is 0.00000196. The van der Waals surface area contributed by atoms with E-state index in [1.54, 1.807) is 0 Å². The minimum Gasteiger partial charge on any atom is -0.395 e. The summed E-state index contributed by atoms with van der Waals surface area (Å²) in [7, 11) is 1.95. The normalized spacial score (nSPS) is 12.3. The van der Waals surface area contributed by atoms with Gasteiger partial charge in [-0.15, -0.1) is 24.0 Å². The lowest BCUT2D eigenvalue weighted by molar-refractivity contribution is 0.221. The summed E-state index contributed by atoms with van der Waals surface area (Å²) < 4.78 is 0. The lowest BCUT2D eigenvalue weighted by Gasteiger charge is -2.18. The molecule has 1 unspecified atom stereocenters. The van der Waals surface area contributed by atoms with E-state index in [1.165, 1.54) is 0 Å². The largest absolute Gasteiger partial charge is 0.395 e. The van der Waals surface area contributed by atoms with Crippen LogP contribution in [0, 0.1) is 0 Å². The summed E-state index contributed by atoms with van der Waals surface area (Å²) in [6, 6.07) is 9.98. The van der Waals surface area contributed by atoms with Crippen LogP contribution in [0.1, 0.15) is 10.9 Å². The summed E-state index contributed by atoms with van der Waals surface area (Å²) in [5.74, 6) is 0. The Morgan fingerprint density at radius 3 is 2.47 bits per heavy atom. The van der Waals surface area contributed by atoms with Crippen molar-refractivity contribution in [1.29, 1.82) is 0 Å². The van der Waals surface area contributed by atoms with E-state index >= 15 is 0 Å². The van der Waals surface area contributed by atoms with Gasteiger partial charge in [0.05, 0.1) is 12.0 Å². The van der Waals surface area contributed by atoms with Gasteiger partial charge in [0.2, 0.25) is 0 Å². The monoisotopic (exact) mass is 249 g/mol. The average molecular weight is 250 g/mol. The summed E-state index contributed by atoms with van der Waals surface area (Å²) in [5.41, 5.74) is 1.12. The van der Waals surface area contributed by atoms with E-state index in [1.807, 2.05) is 42.3 Å². The van der Waals surface area contributed by atoms with Crippen molar-refractivity contribution < 1.29 is 5.11 Å². The Hall–Kier alpha value is -0.280. The summed E-state index contributed by atoms with van der Waals surface area (Å²) >= 11 is 6.21. The molecule has 0 heterocycles. The molecule has 1 aromatic carbocycles. The molecule has 0 spiro atoms. The average Bonchev–Trinajstić information content (AvgIpc) is 2.19. The zero-order valence-corrected chi connectivity index (χ0v) is 10.3. The van der Waals surface area contributed by atoms with Gasteiger partial charge in [-0.3, -0.25) is 0 Å². The molecule has 0 radical (unpaired) electrons. The van der Waals surface area contributed by atoms with Gasteiger partial charge in [0, 0.05) is 13.1 Å². The molecule has 1 atom stereocenters. The van der Waals surface area contributed by atoms with Crippen molar-refractivity contribution in [2.24, 2.45) is 0 Å². The minimum atomic E-state index is -0.00671. The van der Waals surface area contributed by atoms with Crippen LogP contribution in [0.25, 0.3) is 0 Å². The van der Waals surface area contributed by atoms with Gasteiger partial charge < -0.3 is 10.0 Å². The highest BCUT2D eigenvalue weighted by Gasteiger charge is 2.09. The molecule has 0 saturated heterocycles. The number of aliphatic hydroxyl groups excluding tert-OH is 1. The Morgan fingerprint density at radius 2 is 1.93 bits per heavy atom. The molecule has 0 saturated carbocycles. The van der Waals surface area contributed by atoms with Crippen molar-refractivity contribution in [3.63, 3.8) is 0 Å². The molecular weight excluding hydrogens is 233 g/mol. The van der Waals surface area contributed by atoms with E-state index in [0.29, 0.717) is 6.54 Å². The van der Waals surface area contributed by atoms with Crippen LogP contribution in [-0.4, -0.2) is 36.8 Å². The third-order valence-electron chi connectivity index (χ3n) is 2.11. The van der Waals surface area contributed by atoms with Crippen molar-refractivity contribution in [1.82, 2.24) is 4.90 Å². The fraction of sp³-hybridized carbons (Fsp3) is 0.455. The van der Waals surface area contributed by atoms with E-state index in [0.717, 1.165) is 12.1 Å². The molecule has 0 aliphatic carbocycles. The zero-order valence-electron chi connectivity index (χ0n) is 8.77. The summed E-state index contributed by atoms with van der Waals surface area (Å²) in [5, 5.41) is 8.73. The van der Waals surface area contributed by atoms with Gasteiger partial charge in [0.25, 0.3) is 0 Å². The van der Waals surface area contributed by atoms with Crippen LogP contribution in [-0.2, 0) is 0 Å². The van der Waals surface area contributed by atoms with E-state index in [4.69, 9.17) is 16.7 Å². The van der Waals surface area contributed by atoms with Gasteiger partial charge in [0.15, 0.2) is 0 Å². The van der Waals surface area contributed by atoms with Crippen molar-refractivity contribution in [2.45, 2.75) is 5.38 Å². The lowest BCUT2D eigenvalue weighted by atomic mass is 10.1. The highest BCUT2D eigenvalue weighted by molar-refractivity contribution is 6.21. The van der Waals surface area contributed by atoms with Gasteiger partial charge in [-0.05, 0) is 12.6 Å². The SMILES string of the molecule is CN(CCO)CC(Cl)c1ccccc1.Cl. The van der Waals surface area contributed by atoms with E-state index < -0.39 is 0 Å². The second-order valence-corrected chi connectivity index (χ2v) is 3.89. The van der Waals surface area contributed by atoms with Crippen molar-refractivity contribution in [3.8, 4) is 0 Å². The van der Waals surface area contributed by atoms with Crippen molar-refractivity contribution >= 4 is 24.0 Å². The first-order chi connectivity index (χ1) is 6.74. The van der Waals surface area contributed by atoms with Crippen LogP contribution < -0.4 is 0 Å². The quantitative estimate of drug-likeness (QED) is 0.810. The number of halogens is 2. The standard InChI is InChI=1S/C11H16ClNO.ClH/c1-13(7-8-14)9-11(12)10-5-3-2-4-6-10;/h2-6,11,14H,7-9H2,1H3;1H. The Morgan fingerprint density at radius 1 is 1.33 bits per heavy atom. The molecule has 0 aliphatic heterocycles. The highest BCUT2D eigenvalue weighted by atomic mass is 35.5. The lowest BCUT2D eigenvalue weighted by Crippen LogP contribution is -2.25. The highest BCUT2D eigenvalue weighted by Crippen LogP contribution is 2.20. The maximum Gasteiger partial charge on any atom is 0.0712 e. The number of hydrogen-bond donors (Lipinski definition) is 1. The summed E-state index contributed by atoms with van der Waals surface area (Å²) in [6.07, 6.45) is 0. The van der Waals surface area contributed by atoms with Crippen LogP contribution in [0.4, 0.5) is 0 Å². The van der Waals surface area contributed by atoms with Gasteiger partial charge in [-0.1, -0.05) is 30.3 Å². The molecule has 1 aromatic rings. The van der Waals surface area contributed by atoms with Crippen LogP contribution in [0.5, 0.6) is 0 Å². The van der Waals surface area contributed by atoms with E-state index in [9.17, 15) is 0 Å². The van der Waals surface area contributed by atoms with Gasteiger partial charge in [-0.2, -0.15) is 0 Å². The number of aliphatic hydroxyl groups is 1. The second kappa shape index (κ2) is 7.94. The maximum atomic E-state index is 8.74. The number of alkyl halides is 1. The molecule has 4 heteroatoms. The van der Waals surface area contributed by atoms with Crippen LogP contribution in [0.15, 0.2) is 30.3 Å². The molecule has 0 aliphatic rings. The van der Waals surface area contributed by atoms with Crippen LogP contribution in [0.2, 0.25) is 0 Å². The minimum absolute atomic E-state index is 0. The number of rotatable bonds is 5. The molecule has 1 N–H and O–H groups in total. The topological polar surface area (TPSA) is 23.5 Å². The van der Waals surface area contributed by atoms with Crippen molar-refractivity contribution in [2.75, 3.05) is 26.7 Å². The van der Waals surface area contributed by atoms with Gasteiger partial charge >= 0.3 is 0 Å². The van der Waals surface area contributed by atoms with E-state index in [-0.39, 0.29) is 24.4 Å². The molecule has 0 amide bonds. The molecule has 0 bridgehead atoms. The predicted octanol–water partition coefficient (Wildman–Crippen LogP) is 2.31. The Kier molecular flexibility index (Phi) is 7.79. The molecule has 86 valence electrons. The molecule has 0 fully saturated rings. The Bertz CT molecular complexity index is 256. The van der Waals surface area contributed by atoms with Crippen molar-refractivity contribution in [3.05, 3.63) is 35.9 Å². The van der Waals surface area contributed by atoms with Gasteiger partial charge in [0.1, 0.15) is 0 Å². The third kappa shape index (κ3) is 5.38. The maximum absolute atomic E-state index is 8.74.